The molecular formula is C14H11ClN4O. The number of nitrogens with two attached hydrogens (primary N) is 1. The Labute approximate surface area is 121 Å². The molecule has 0 atom stereocenters. The number of nitrogens with zero attached hydrogens (tertiary/aromatic N) is 2. The minimum absolute atomic E-state index is 0.222. The number of nitrogens with one attached hydrogen (secondary N) is 1. The SMILES string of the molecule is NCC#Cc1cc(Cl)ccc1NC(=O)c1cnccn1. The monoisotopic (exact) mass is 286 g/mol. The fourth-order valence-electron chi connectivity index (χ4n) is 1.48. The first-order chi connectivity index (χ1) is 9.70. The molecule has 1 amide bonds. The number of carbonyl (C=O) groups excluding carboxylic acids is 1. The minimum Gasteiger partial charge on any atom is -0.320 e. The Hall–Kier alpha value is -2.42. The predicted octanol–water partition coefficient (Wildman–Crippen LogP) is 1.69. The smallest absolute Gasteiger partial charge is 0.275 e. The van der Waals surface area contributed by atoms with Crippen LogP contribution in [0, 0.1) is 11.8 Å². The van der Waals surface area contributed by atoms with E-state index in [0.717, 1.165) is 0 Å². The van der Waals surface area contributed by atoms with Gasteiger partial charge < -0.3 is 11.1 Å². The molecule has 3 N–H and O–H groups in total. The Morgan fingerprint density at radius 1 is 1.40 bits per heavy atom. The Balaban J connectivity index is 2.27. The van der Waals surface area contributed by atoms with Crippen LogP contribution in [-0.4, -0.2) is 22.4 Å². The second kappa shape index (κ2) is 6.66. The van der Waals surface area contributed by atoms with Crippen molar-refractivity contribution in [2.45, 2.75) is 0 Å². The van der Waals surface area contributed by atoms with E-state index in [1.54, 1.807) is 18.2 Å². The van der Waals surface area contributed by atoms with Gasteiger partial charge in [-0.05, 0) is 18.2 Å². The number of aromatic nitrogens is 2. The molecule has 0 saturated heterocycles. The minimum atomic E-state index is -0.365. The van der Waals surface area contributed by atoms with E-state index in [1.807, 2.05) is 0 Å². The topological polar surface area (TPSA) is 80.9 Å². The molecular weight excluding hydrogens is 276 g/mol. The number of anilines is 1. The highest BCUT2D eigenvalue weighted by Crippen LogP contribution is 2.20. The molecule has 0 saturated carbocycles. The standard InChI is InChI=1S/C14H11ClN4O/c15-11-3-4-12(10(8-11)2-1-5-16)19-14(20)13-9-17-6-7-18-13/h3-4,6-9H,5,16H2,(H,19,20). The third-order valence-corrected chi connectivity index (χ3v) is 2.59. The van der Waals surface area contributed by atoms with Crippen molar-refractivity contribution >= 4 is 23.2 Å². The van der Waals surface area contributed by atoms with Crippen molar-refractivity contribution in [2.75, 3.05) is 11.9 Å². The molecule has 5 nitrogen and oxygen atoms in total. The van der Waals surface area contributed by atoms with E-state index in [2.05, 4.69) is 27.1 Å². The van der Waals surface area contributed by atoms with Crippen LogP contribution in [0.5, 0.6) is 0 Å². The summed E-state index contributed by atoms with van der Waals surface area (Å²) in [7, 11) is 0. The third kappa shape index (κ3) is 3.54. The van der Waals surface area contributed by atoms with E-state index in [0.29, 0.717) is 16.3 Å². The summed E-state index contributed by atoms with van der Waals surface area (Å²) in [5, 5.41) is 3.25. The number of amides is 1. The Kier molecular flexibility index (Phi) is 4.66. The number of carbonyl (C=O) groups is 1. The molecule has 0 spiro atoms. The molecule has 1 aromatic carbocycles. The van der Waals surface area contributed by atoms with Crippen LogP contribution in [0.1, 0.15) is 16.1 Å². The van der Waals surface area contributed by atoms with E-state index in [-0.39, 0.29) is 18.1 Å². The van der Waals surface area contributed by atoms with E-state index in [4.69, 9.17) is 17.3 Å². The van der Waals surface area contributed by atoms with Gasteiger partial charge in [-0.2, -0.15) is 0 Å². The van der Waals surface area contributed by atoms with Crippen molar-refractivity contribution < 1.29 is 4.79 Å². The zero-order valence-corrected chi connectivity index (χ0v) is 11.2. The maximum absolute atomic E-state index is 12.0. The van der Waals surface area contributed by atoms with Gasteiger partial charge in [0.2, 0.25) is 0 Å². The molecule has 100 valence electrons. The Bertz CT molecular complexity index is 677. The Morgan fingerprint density at radius 2 is 2.25 bits per heavy atom. The van der Waals surface area contributed by atoms with Gasteiger partial charge in [0, 0.05) is 23.0 Å². The molecule has 6 heteroatoms. The molecule has 0 aliphatic heterocycles. The molecule has 0 radical (unpaired) electrons. The van der Waals surface area contributed by atoms with Gasteiger partial charge in [0.15, 0.2) is 0 Å². The molecule has 0 fully saturated rings. The van der Waals surface area contributed by atoms with E-state index < -0.39 is 0 Å². The van der Waals surface area contributed by atoms with Crippen LogP contribution in [0.2, 0.25) is 5.02 Å². The number of hydrogen-bond acceptors (Lipinski definition) is 4. The average molecular weight is 287 g/mol. The number of rotatable bonds is 2. The second-order valence-corrected chi connectivity index (χ2v) is 4.18. The maximum Gasteiger partial charge on any atom is 0.275 e. The van der Waals surface area contributed by atoms with Crippen LogP contribution >= 0.6 is 11.6 Å². The highest BCUT2D eigenvalue weighted by Gasteiger charge is 2.10. The first-order valence-corrected chi connectivity index (χ1v) is 6.14. The average Bonchev–Trinajstić information content (AvgIpc) is 2.48. The molecule has 1 heterocycles. The molecule has 0 unspecified atom stereocenters. The van der Waals surface area contributed by atoms with Crippen LogP contribution in [0.3, 0.4) is 0 Å². The molecule has 20 heavy (non-hydrogen) atoms. The van der Waals surface area contributed by atoms with Crippen LogP contribution in [-0.2, 0) is 0 Å². The highest BCUT2D eigenvalue weighted by atomic mass is 35.5. The van der Waals surface area contributed by atoms with E-state index >= 15 is 0 Å². The lowest BCUT2D eigenvalue weighted by Crippen LogP contribution is -2.14. The lowest BCUT2D eigenvalue weighted by atomic mass is 10.1. The van der Waals surface area contributed by atoms with Gasteiger partial charge >= 0.3 is 0 Å². The quantitative estimate of drug-likeness (QED) is 0.823. The fourth-order valence-corrected chi connectivity index (χ4v) is 1.65. The van der Waals surface area contributed by atoms with Crippen LogP contribution < -0.4 is 11.1 Å². The van der Waals surface area contributed by atoms with Crippen molar-refractivity contribution in [3.63, 3.8) is 0 Å². The summed E-state index contributed by atoms with van der Waals surface area (Å²) in [6.45, 7) is 0.226. The van der Waals surface area contributed by atoms with Gasteiger partial charge in [0.1, 0.15) is 5.69 Å². The highest BCUT2D eigenvalue weighted by molar-refractivity contribution is 6.30. The van der Waals surface area contributed by atoms with Crippen molar-refractivity contribution in [1.82, 2.24) is 9.97 Å². The molecule has 0 aliphatic rings. The summed E-state index contributed by atoms with van der Waals surface area (Å²) in [6.07, 6.45) is 4.33. The maximum atomic E-state index is 12.0. The largest absolute Gasteiger partial charge is 0.320 e. The summed E-state index contributed by atoms with van der Waals surface area (Å²) in [5.41, 5.74) is 6.71. The zero-order chi connectivity index (χ0) is 14.4. The van der Waals surface area contributed by atoms with Gasteiger partial charge in [-0.1, -0.05) is 23.4 Å². The van der Waals surface area contributed by atoms with Gasteiger partial charge in [-0.25, -0.2) is 4.98 Å². The first kappa shape index (κ1) is 14.0. The summed E-state index contributed by atoms with van der Waals surface area (Å²) >= 11 is 5.92. The predicted molar refractivity (Wildman–Crippen MR) is 77.4 cm³/mol. The second-order valence-electron chi connectivity index (χ2n) is 3.74. The molecule has 2 rings (SSSR count). The third-order valence-electron chi connectivity index (χ3n) is 2.35. The van der Waals surface area contributed by atoms with Crippen molar-refractivity contribution in [2.24, 2.45) is 5.73 Å². The van der Waals surface area contributed by atoms with Crippen molar-refractivity contribution in [3.8, 4) is 11.8 Å². The van der Waals surface area contributed by atoms with Crippen molar-refractivity contribution in [3.05, 3.63) is 53.1 Å². The number of benzene rings is 1. The molecule has 0 aliphatic carbocycles. The lowest BCUT2D eigenvalue weighted by molar-refractivity contribution is 0.102. The van der Waals surface area contributed by atoms with E-state index in [9.17, 15) is 4.79 Å². The fraction of sp³-hybridized carbons (Fsp3) is 0.0714. The molecule has 2 aromatic rings. The normalized spacial score (nSPS) is 9.50. The van der Waals surface area contributed by atoms with Gasteiger partial charge in [-0.3, -0.25) is 9.78 Å². The zero-order valence-electron chi connectivity index (χ0n) is 10.4. The summed E-state index contributed by atoms with van der Waals surface area (Å²) in [4.78, 5) is 19.8. The first-order valence-electron chi connectivity index (χ1n) is 5.76. The van der Waals surface area contributed by atoms with Crippen molar-refractivity contribution in [1.29, 1.82) is 0 Å². The van der Waals surface area contributed by atoms with Gasteiger partial charge in [-0.15, -0.1) is 0 Å². The summed E-state index contributed by atoms with van der Waals surface area (Å²) < 4.78 is 0. The van der Waals surface area contributed by atoms with Crippen LogP contribution in [0.25, 0.3) is 0 Å². The van der Waals surface area contributed by atoms with Gasteiger partial charge in [0.25, 0.3) is 5.91 Å². The molecule has 0 bridgehead atoms. The molecule has 1 aromatic heterocycles. The Morgan fingerprint density at radius 3 is 2.95 bits per heavy atom. The summed E-state index contributed by atoms with van der Waals surface area (Å²) in [6, 6.07) is 5.01. The van der Waals surface area contributed by atoms with Crippen LogP contribution in [0.4, 0.5) is 5.69 Å². The number of hydrogen-bond donors (Lipinski definition) is 2. The van der Waals surface area contributed by atoms with Crippen LogP contribution in [0.15, 0.2) is 36.8 Å². The summed E-state index contributed by atoms with van der Waals surface area (Å²) in [5.74, 6) is 5.22. The van der Waals surface area contributed by atoms with Gasteiger partial charge in [0.05, 0.1) is 18.4 Å². The lowest BCUT2D eigenvalue weighted by Gasteiger charge is -2.07. The van der Waals surface area contributed by atoms with E-state index in [1.165, 1.54) is 18.6 Å². The number of halogens is 1.